The molecule has 0 amide bonds. The number of hydrogen-bond acceptors (Lipinski definition) is 2. The van der Waals surface area contributed by atoms with E-state index in [1.54, 1.807) is 0 Å². The van der Waals surface area contributed by atoms with Gasteiger partial charge in [0.05, 0.1) is 12.2 Å². The molecule has 0 bridgehead atoms. The molecule has 0 unspecified atom stereocenters. The maximum atomic E-state index is 8.92. The van der Waals surface area contributed by atoms with Crippen molar-refractivity contribution in [3.8, 4) is 22.9 Å². The lowest BCUT2D eigenvalue weighted by Gasteiger charge is -2.35. The number of nitriles is 1. The molecule has 25 heavy (non-hydrogen) atoms. The highest BCUT2D eigenvalue weighted by Gasteiger charge is 2.31. The number of rotatable bonds is 4. The van der Waals surface area contributed by atoms with Crippen LogP contribution in [0, 0.1) is 16.7 Å². The fraction of sp³-hybridized carbons (Fsp3) is 0.435. The predicted molar refractivity (Wildman–Crippen MR) is 104 cm³/mol. The topological polar surface area (TPSA) is 33.0 Å². The zero-order valence-corrected chi connectivity index (χ0v) is 15.7. The highest BCUT2D eigenvalue weighted by molar-refractivity contribution is 5.63. The van der Waals surface area contributed by atoms with Crippen molar-refractivity contribution in [3.63, 3.8) is 0 Å². The van der Waals surface area contributed by atoms with Crippen LogP contribution in [0.3, 0.4) is 0 Å². The molecule has 0 saturated heterocycles. The Labute approximate surface area is 152 Å². The van der Waals surface area contributed by atoms with Gasteiger partial charge in [-0.2, -0.15) is 5.26 Å². The van der Waals surface area contributed by atoms with Crippen LogP contribution in [0.15, 0.2) is 54.6 Å². The van der Waals surface area contributed by atoms with Gasteiger partial charge in [-0.25, -0.2) is 0 Å². The zero-order valence-electron chi connectivity index (χ0n) is 15.7. The summed E-state index contributed by atoms with van der Waals surface area (Å²) in [6, 6.07) is 21.1. The van der Waals surface area contributed by atoms with Gasteiger partial charge in [-0.1, -0.05) is 63.2 Å². The van der Waals surface area contributed by atoms with E-state index < -0.39 is 0 Å². The Bertz CT molecular complexity index is 661. The van der Waals surface area contributed by atoms with Gasteiger partial charge in [0.2, 0.25) is 0 Å². The minimum Gasteiger partial charge on any atom is -0.490 e. The van der Waals surface area contributed by atoms with E-state index in [-0.39, 0.29) is 11.5 Å². The molecule has 0 N–H and O–H groups in total. The quantitative estimate of drug-likeness (QED) is 0.629. The summed E-state index contributed by atoms with van der Waals surface area (Å²) < 4.78 is 6.13. The lowest BCUT2D eigenvalue weighted by molar-refractivity contribution is 0.0914. The summed E-state index contributed by atoms with van der Waals surface area (Å²) in [6.45, 7) is 6.22. The molecule has 1 aliphatic rings. The molecule has 1 saturated carbocycles. The highest BCUT2D eigenvalue weighted by Crippen LogP contribution is 2.39. The molecule has 3 rings (SSSR count). The van der Waals surface area contributed by atoms with Crippen LogP contribution < -0.4 is 4.74 Å². The molecule has 1 aliphatic carbocycles. The Morgan fingerprint density at radius 3 is 2.08 bits per heavy atom. The second-order valence-corrected chi connectivity index (χ2v) is 6.85. The van der Waals surface area contributed by atoms with Crippen molar-refractivity contribution >= 4 is 0 Å². The standard InChI is InChI=1S/C21H23NO.C2H6/c1-21(15-16-22)13-11-20(12-14-21)23-19-9-7-18(8-10-19)17-5-3-2-4-6-17;1-2/h2-10,20H,11-15H2,1H3;1-2H3. The van der Waals surface area contributed by atoms with Crippen molar-refractivity contribution in [2.75, 3.05) is 0 Å². The van der Waals surface area contributed by atoms with Crippen LogP contribution in [0.2, 0.25) is 0 Å². The van der Waals surface area contributed by atoms with Crippen molar-refractivity contribution in [2.24, 2.45) is 5.41 Å². The number of benzene rings is 2. The summed E-state index contributed by atoms with van der Waals surface area (Å²) in [5.74, 6) is 0.943. The maximum absolute atomic E-state index is 8.92. The van der Waals surface area contributed by atoms with Gasteiger partial charge < -0.3 is 4.74 Å². The van der Waals surface area contributed by atoms with Gasteiger partial charge in [-0.15, -0.1) is 0 Å². The molecule has 2 aromatic carbocycles. The molecule has 0 aliphatic heterocycles. The normalized spacial score (nSPS) is 22.2. The Balaban J connectivity index is 0.00000109. The van der Waals surface area contributed by atoms with Crippen LogP contribution >= 0.6 is 0 Å². The fourth-order valence-electron chi connectivity index (χ4n) is 3.32. The molecule has 2 heteroatoms. The van der Waals surface area contributed by atoms with Crippen LogP contribution in [0.5, 0.6) is 5.75 Å². The monoisotopic (exact) mass is 335 g/mol. The van der Waals surface area contributed by atoms with E-state index in [0.717, 1.165) is 31.4 Å². The summed E-state index contributed by atoms with van der Waals surface area (Å²) in [5.41, 5.74) is 2.62. The number of ether oxygens (including phenoxy) is 1. The molecule has 2 nitrogen and oxygen atoms in total. The molecule has 1 fully saturated rings. The summed E-state index contributed by atoms with van der Waals surface area (Å²) in [5, 5.41) is 8.92. The number of nitrogens with zero attached hydrogens (tertiary/aromatic N) is 1. The van der Waals surface area contributed by atoms with E-state index in [2.05, 4.69) is 61.5 Å². The van der Waals surface area contributed by atoms with Gasteiger partial charge in [0.15, 0.2) is 0 Å². The Morgan fingerprint density at radius 1 is 0.960 bits per heavy atom. The molecule has 132 valence electrons. The van der Waals surface area contributed by atoms with Gasteiger partial charge in [0.1, 0.15) is 5.75 Å². The molecule has 0 aromatic heterocycles. The lowest BCUT2D eigenvalue weighted by Crippen LogP contribution is -2.30. The first-order chi connectivity index (χ1) is 12.2. The van der Waals surface area contributed by atoms with Crippen molar-refractivity contribution in [1.29, 1.82) is 5.26 Å². The van der Waals surface area contributed by atoms with Gasteiger partial charge in [0, 0.05) is 6.42 Å². The second-order valence-electron chi connectivity index (χ2n) is 6.85. The summed E-state index contributed by atoms with van der Waals surface area (Å²) in [7, 11) is 0. The molecular formula is C23H29NO. The van der Waals surface area contributed by atoms with E-state index in [9.17, 15) is 0 Å². The van der Waals surface area contributed by atoms with Crippen LogP contribution in [0.4, 0.5) is 0 Å². The van der Waals surface area contributed by atoms with Crippen LogP contribution in [0.1, 0.15) is 52.9 Å². The third kappa shape index (κ3) is 5.36. The van der Waals surface area contributed by atoms with E-state index in [1.807, 2.05) is 19.9 Å². The van der Waals surface area contributed by atoms with E-state index in [1.165, 1.54) is 11.1 Å². The average Bonchev–Trinajstić information content (AvgIpc) is 2.67. The van der Waals surface area contributed by atoms with E-state index in [4.69, 9.17) is 10.00 Å². The fourth-order valence-corrected chi connectivity index (χ4v) is 3.32. The first kappa shape index (κ1) is 19.1. The minimum atomic E-state index is 0.186. The van der Waals surface area contributed by atoms with Crippen LogP contribution in [-0.2, 0) is 0 Å². The minimum absolute atomic E-state index is 0.186. The lowest BCUT2D eigenvalue weighted by atomic mass is 9.73. The molecule has 0 radical (unpaired) electrons. The third-order valence-electron chi connectivity index (χ3n) is 4.91. The Hall–Kier alpha value is -2.27. The van der Waals surface area contributed by atoms with Crippen molar-refractivity contribution in [1.82, 2.24) is 0 Å². The average molecular weight is 335 g/mol. The zero-order chi connectivity index (χ0) is 18.1. The first-order valence-corrected chi connectivity index (χ1v) is 9.38. The van der Waals surface area contributed by atoms with Crippen LogP contribution in [0.25, 0.3) is 11.1 Å². The van der Waals surface area contributed by atoms with Crippen molar-refractivity contribution < 1.29 is 4.74 Å². The highest BCUT2D eigenvalue weighted by atomic mass is 16.5. The smallest absolute Gasteiger partial charge is 0.119 e. The molecule has 0 spiro atoms. The maximum Gasteiger partial charge on any atom is 0.119 e. The van der Waals surface area contributed by atoms with Crippen molar-refractivity contribution in [3.05, 3.63) is 54.6 Å². The Morgan fingerprint density at radius 2 is 1.52 bits per heavy atom. The first-order valence-electron chi connectivity index (χ1n) is 9.38. The summed E-state index contributed by atoms with van der Waals surface area (Å²) >= 11 is 0. The van der Waals surface area contributed by atoms with Gasteiger partial charge in [0.25, 0.3) is 0 Å². The number of hydrogen-bond donors (Lipinski definition) is 0. The Kier molecular flexibility index (Phi) is 7.07. The van der Waals surface area contributed by atoms with Crippen LogP contribution in [-0.4, -0.2) is 6.10 Å². The summed E-state index contributed by atoms with van der Waals surface area (Å²) in [6.07, 6.45) is 5.17. The van der Waals surface area contributed by atoms with E-state index in [0.29, 0.717) is 6.42 Å². The van der Waals surface area contributed by atoms with Gasteiger partial charge in [-0.3, -0.25) is 0 Å². The van der Waals surface area contributed by atoms with Gasteiger partial charge >= 0.3 is 0 Å². The second kappa shape index (κ2) is 9.28. The molecular weight excluding hydrogens is 306 g/mol. The third-order valence-corrected chi connectivity index (χ3v) is 4.91. The summed E-state index contributed by atoms with van der Waals surface area (Å²) in [4.78, 5) is 0. The SMILES string of the molecule is CC.CC1(CC#N)CCC(Oc2ccc(-c3ccccc3)cc2)CC1. The predicted octanol–water partition coefficient (Wildman–Crippen LogP) is 6.62. The molecule has 0 heterocycles. The van der Waals surface area contributed by atoms with Gasteiger partial charge in [-0.05, 0) is 54.4 Å². The van der Waals surface area contributed by atoms with E-state index >= 15 is 0 Å². The molecule has 0 atom stereocenters. The van der Waals surface area contributed by atoms with Crippen molar-refractivity contribution in [2.45, 2.75) is 59.0 Å². The largest absolute Gasteiger partial charge is 0.490 e. The molecule has 2 aromatic rings.